The van der Waals surface area contributed by atoms with Crippen molar-refractivity contribution in [1.29, 1.82) is 0 Å². The number of hydrogen-bond acceptors (Lipinski definition) is 3. The highest BCUT2D eigenvalue weighted by atomic mass is 35.5. The Bertz CT molecular complexity index is 1200. The number of carbonyl (C=O) groups is 1. The Morgan fingerprint density at radius 3 is 2.87 bits per heavy atom. The van der Waals surface area contributed by atoms with Crippen LogP contribution in [0.5, 0.6) is 0 Å². The summed E-state index contributed by atoms with van der Waals surface area (Å²) in [5, 5.41) is 4.75. The molecule has 154 valence electrons. The van der Waals surface area contributed by atoms with Crippen molar-refractivity contribution in [2.45, 2.75) is 38.3 Å². The molecule has 0 radical (unpaired) electrons. The van der Waals surface area contributed by atoms with Crippen LogP contribution in [0.25, 0.3) is 0 Å². The number of para-hydroxylation sites is 1. The second-order valence-corrected chi connectivity index (χ2v) is 8.16. The lowest BCUT2D eigenvalue weighted by Gasteiger charge is -2.26. The second kappa shape index (κ2) is 7.40. The van der Waals surface area contributed by atoms with Crippen molar-refractivity contribution in [3.8, 4) is 0 Å². The molecule has 1 aromatic heterocycles. The molecule has 2 aliphatic heterocycles. The van der Waals surface area contributed by atoms with E-state index in [9.17, 15) is 14.0 Å². The van der Waals surface area contributed by atoms with Crippen molar-refractivity contribution in [3.63, 3.8) is 0 Å². The van der Waals surface area contributed by atoms with E-state index in [2.05, 4.69) is 5.10 Å². The molecule has 0 saturated heterocycles. The Labute approximate surface area is 177 Å². The Balaban J connectivity index is 1.47. The van der Waals surface area contributed by atoms with Crippen molar-refractivity contribution in [1.82, 2.24) is 14.3 Å². The molecule has 0 saturated carbocycles. The molecule has 0 aliphatic carbocycles. The van der Waals surface area contributed by atoms with Crippen LogP contribution in [0.2, 0.25) is 5.02 Å². The maximum atomic E-state index is 13.4. The normalized spacial score (nSPS) is 17.7. The van der Waals surface area contributed by atoms with Gasteiger partial charge in [0.25, 0.3) is 0 Å². The maximum Gasteiger partial charge on any atom is 0.346 e. The van der Waals surface area contributed by atoms with E-state index in [1.54, 1.807) is 10.6 Å². The zero-order valence-corrected chi connectivity index (χ0v) is 17.0. The summed E-state index contributed by atoms with van der Waals surface area (Å²) in [7, 11) is 0. The number of halogens is 2. The molecule has 1 unspecified atom stereocenters. The van der Waals surface area contributed by atoms with Gasteiger partial charge in [-0.3, -0.25) is 9.36 Å². The first-order valence-corrected chi connectivity index (χ1v) is 10.4. The van der Waals surface area contributed by atoms with Gasteiger partial charge in [-0.2, -0.15) is 5.10 Å². The van der Waals surface area contributed by atoms with Crippen LogP contribution >= 0.6 is 11.6 Å². The fourth-order valence-corrected chi connectivity index (χ4v) is 4.64. The van der Waals surface area contributed by atoms with Crippen molar-refractivity contribution >= 4 is 23.2 Å². The average molecular weight is 427 g/mol. The summed E-state index contributed by atoms with van der Waals surface area (Å²) >= 11 is 6.12. The molecule has 6 nitrogen and oxygen atoms in total. The third-order valence-corrected chi connectivity index (χ3v) is 6.28. The van der Waals surface area contributed by atoms with Crippen LogP contribution in [0.1, 0.15) is 35.7 Å². The number of anilines is 1. The predicted molar refractivity (Wildman–Crippen MR) is 111 cm³/mol. The van der Waals surface area contributed by atoms with Crippen molar-refractivity contribution < 1.29 is 9.18 Å². The van der Waals surface area contributed by atoms with Gasteiger partial charge in [0.05, 0.1) is 12.5 Å². The third kappa shape index (κ3) is 3.13. The maximum absolute atomic E-state index is 13.4. The fourth-order valence-electron chi connectivity index (χ4n) is 4.41. The minimum absolute atomic E-state index is 0.0159. The first-order chi connectivity index (χ1) is 14.5. The summed E-state index contributed by atoms with van der Waals surface area (Å²) in [6, 6.07) is 12.0. The summed E-state index contributed by atoms with van der Waals surface area (Å²) in [4.78, 5) is 28.1. The summed E-state index contributed by atoms with van der Waals surface area (Å²) in [5.74, 6) is -0.406. The standard InChI is InChI=1S/C22H20ClFN4O2/c23-18-12-16(24)8-7-15(18)13-28-22(30)27-10-3-5-17(20(27)25-28)21(29)26-11-9-14-4-1-2-6-19(14)26/h1-2,4,6-8,12,17H,3,5,9-11,13H2. The molecular formula is C22H20ClFN4O2. The molecule has 0 N–H and O–H groups in total. The highest BCUT2D eigenvalue weighted by Crippen LogP contribution is 2.33. The van der Waals surface area contributed by atoms with Crippen LogP contribution in [-0.2, 0) is 24.3 Å². The monoisotopic (exact) mass is 426 g/mol. The van der Waals surface area contributed by atoms with Gasteiger partial charge in [-0.15, -0.1) is 0 Å². The molecule has 1 amide bonds. The third-order valence-electron chi connectivity index (χ3n) is 5.92. The molecule has 0 bridgehead atoms. The van der Waals surface area contributed by atoms with E-state index in [0.29, 0.717) is 30.9 Å². The Morgan fingerprint density at radius 2 is 2.03 bits per heavy atom. The van der Waals surface area contributed by atoms with Gasteiger partial charge in [0.1, 0.15) is 11.6 Å². The number of amides is 1. The Morgan fingerprint density at radius 1 is 1.20 bits per heavy atom. The van der Waals surface area contributed by atoms with Gasteiger partial charge in [-0.1, -0.05) is 35.9 Å². The summed E-state index contributed by atoms with van der Waals surface area (Å²) in [5.41, 5.74) is 2.44. The van der Waals surface area contributed by atoms with Gasteiger partial charge in [0.2, 0.25) is 5.91 Å². The molecule has 5 rings (SSSR count). The number of hydrogen-bond donors (Lipinski definition) is 0. The lowest BCUT2D eigenvalue weighted by Crippen LogP contribution is -2.37. The molecular weight excluding hydrogens is 407 g/mol. The van der Waals surface area contributed by atoms with Crippen LogP contribution in [-0.4, -0.2) is 26.8 Å². The van der Waals surface area contributed by atoms with E-state index in [-0.39, 0.29) is 23.2 Å². The van der Waals surface area contributed by atoms with Gasteiger partial charge in [0.15, 0.2) is 0 Å². The lowest BCUT2D eigenvalue weighted by atomic mass is 9.97. The molecule has 1 atom stereocenters. The molecule has 0 spiro atoms. The number of aromatic nitrogens is 3. The largest absolute Gasteiger partial charge is 0.346 e. The lowest BCUT2D eigenvalue weighted by molar-refractivity contribution is -0.120. The van der Waals surface area contributed by atoms with E-state index in [0.717, 1.165) is 24.1 Å². The number of rotatable bonds is 3. The zero-order chi connectivity index (χ0) is 20.8. The van der Waals surface area contributed by atoms with Gasteiger partial charge in [-0.05, 0) is 48.6 Å². The number of benzene rings is 2. The van der Waals surface area contributed by atoms with Crippen molar-refractivity contribution in [2.75, 3.05) is 11.4 Å². The second-order valence-electron chi connectivity index (χ2n) is 7.75. The quantitative estimate of drug-likeness (QED) is 0.645. The highest BCUT2D eigenvalue weighted by Gasteiger charge is 2.36. The minimum Gasteiger partial charge on any atom is -0.311 e. The van der Waals surface area contributed by atoms with E-state index in [1.807, 2.05) is 29.2 Å². The van der Waals surface area contributed by atoms with E-state index in [1.165, 1.54) is 16.8 Å². The van der Waals surface area contributed by atoms with Crippen molar-refractivity contribution in [2.24, 2.45) is 0 Å². The molecule has 0 fully saturated rings. The van der Waals surface area contributed by atoms with E-state index >= 15 is 0 Å². The molecule has 8 heteroatoms. The number of nitrogens with zero attached hydrogens (tertiary/aromatic N) is 4. The highest BCUT2D eigenvalue weighted by molar-refractivity contribution is 6.31. The Hall–Kier alpha value is -2.93. The van der Waals surface area contributed by atoms with Crippen LogP contribution in [0.4, 0.5) is 10.1 Å². The van der Waals surface area contributed by atoms with Gasteiger partial charge in [-0.25, -0.2) is 13.9 Å². The zero-order valence-electron chi connectivity index (χ0n) is 16.2. The molecule has 3 aromatic rings. The fraction of sp³-hybridized carbons (Fsp3) is 0.318. The number of fused-ring (bicyclic) bond motifs is 2. The summed E-state index contributed by atoms with van der Waals surface area (Å²) < 4.78 is 16.2. The van der Waals surface area contributed by atoms with Crippen LogP contribution in [0.3, 0.4) is 0 Å². The van der Waals surface area contributed by atoms with E-state index < -0.39 is 11.7 Å². The predicted octanol–water partition coefficient (Wildman–Crippen LogP) is 3.35. The van der Waals surface area contributed by atoms with Crippen LogP contribution in [0, 0.1) is 5.82 Å². The molecule has 3 heterocycles. The summed E-state index contributed by atoms with van der Waals surface area (Å²) in [6.45, 7) is 1.31. The molecule has 2 aliphatic rings. The van der Waals surface area contributed by atoms with Gasteiger partial charge in [0, 0.05) is 23.8 Å². The Kier molecular flexibility index (Phi) is 4.70. The topological polar surface area (TPSA) is 60.1 Å². The van der Waals surface area contributed by atoms with Crippen LogP contribution < -0.4 is 10.6 Å². The van der Waals surface area contributed by atoms with Crippen LogP contribution in [0.15, 0.2) is 47.3 Å². The van der Waals surface area contributed by atoms with Gasteiger partial charge < -0.3 is 4.90 Å². The minimum atomic E-state index is -0.456. The smallest absolute Gasteiger partial charge is 0.311 e. The first-order valence-electron chi connectivity index (χ1n) is 10.0. The van der Waals surface area contributed by atoms with Gasteiger partial charge >= 0.3 is 5.69 Å². The molecule has 30 heavy (non-hydrogen) atoms. The van der Waals surface area contributed by atoms with E-state index in [4.69, 9.17) is 11.6 Å². The van der Waals surface area contributed by atoms with Crippen molar-refractivity contribution in [3.05, 3.63) is 80.7 Å². The average Bonchev–Trinajstić information content (AvgIpc) is 3.31. The summed E-state index contributed by atoms with van der Waals surface area (Å²) in [6.07, 6.45) is 2.23. The molecule has 2 aromatic carbocycles. The first kappa shape index (κ1) is 19.1. The number of carbonyl (C=O) groups excluding carboxylic acids is 1. The SMILES string of the molecule is O=C(C1CCCn2c1nn(Cc1ccc(F)cc1Cl)c2=O)N1CCc2ccccc21.